The van der Waals surface area contributed by atoms with Crippen LogP contribution in [0.5, 0.6) is 0 Å². The van der Waals surface area contributed by atoms with E-state index in [0.717, 1.165) is 6.42 Å². The Kier molecular flexibility index (Phi) is 6.13. The van der Waals surface area contributed by atoms with Gasteiger partial charge in [0, 0.05) is 38.2 Å². The molecule has 2 heterocycles. The van der Waals surface area contributed by atoms with Gasteiger partial charge in [0.2, 0.25) is 0 Å². The van der Waals surface area contributed by atoms with Crippen molar-refractivity contribution in [3.63, 3.8) is 0 Å². The number of amides is 2. The van der Waals surface area contributed by atoms with Crippen LogP contribution in [0.4, 0.5) is 18.0 Å². The van der Waals surface area contributed by atoms with Crippen molar-refractivity contribution in [2.45, 2.75) is 45.0 Å². The molecule has 0 aromatic heterocycles. The molecule has 134 valence electrons. The second-order valence-corrected chi connectivity index (χ2v) is 6.82. The second-order valence-electron chi connectivity index (χ2n) is 6.82. The van der Waals surface area contributed by atoms with E-state index in [0.29, 0.717) is 38.0 Å². The highest BCUT2D eigenvalue weighted by atomic mass is 19.4. The Balaban J connectivity index is 1.68. The van der Waals surface area contributed by atoms with Gasteiger partial charge in [0.1, 0.15) is 0 Å². The van der Waals surface area contributed by atoms with Crippen LogP contribution in [0.2, 0.25) is 0 Å². The summed E-state index contributed by atoms with van der Waals surface area (Å²) in [5.41, 5.74) is 0. The monoisotopic (exact) mass is 337 g/mol. The molecule has 2 saturated heterocycles. The van der Waals surface area contributed by atoms with E-state index in [4.69, 9.17) is 4.74 Å². The molecule has 0 aromatic carbocycles. The Bertz CT molecular complexity index is 404. The van der Waals surface area contributed by atoms with E-state index in [2.05, 4.69) is 24.5 Å². The van der Waals surface area contributed by atoms with Crippen LogP contribution in [0.1, 0.15) is 26.7 Å². The lowest BCUT2D eigenvalue weighted by molar-refractivity contribution is -0.143. The molecule has 0 spiro atoms. The van der Waals surface area contributed by atoms with E-state index in [-0.39, 0.29) is 24.7 Å². The van der Waals surface area contributed by atoms with Crippen molar-refractivity contribution in [1.82, 2.24) is 15.5 Å². The molecular weight excluding hydrogens is 311 g/mol. The number of rotatable bonds is 5. The Labute approximate surface area is 134 Å². The van der Waals surface area contributed by atoms with E-state index in [1.54, 1.807) is 0 Å². The highest BCUT2D eigenvalue weighted by Crippen LogP contribution is 2.26. The Hall–Kier alpha value is -1.02. The normalized spacial score (nSPS) is 29.2. The van der Waals surface area contributed by atoms with Gasteiger partial charge in [0.25, 0.3) is 0 Å². The van der Waals surface area contributed by atoms with Crippen LogP contribution in [0.25, 0.3) is 0 Å². The van der Waals surface area contributed by atoms with Gasteiger partial charge in [-0.3, -0.25) is 4.90 Å². The third-order valence-corrected chi connectivity index (χ3v) is 4.46. The summed E-state index contributed by atoms with van der Waals surface area (Å²) >= 11 is 0. The summed E-state index contributed by atoms with van der Waals surface area (Å²) in [5.74, 6) is 0.698. The maximum Gasteiger partial charge on any atom is 0.401 e. The second kappa shape index (κ2) is 7.70. The summed E-state index contributed by atoms with van der Waals surface area (Å²) in [6.07, 6.45) is -2.56. The SMILES string of the molecule is CC(C)C1OCCC1CNC(=O)NC1CCN(CC(F)(F)F)C1. The fourth-order valence-electron chi connectivity index (χ4n) is 3.42. The van der Waals surface area contributed by atoms with Crippen molar-refractivity contribution in [1.29, 1.82) is 0 Å². The molecule has 0 radical (unpaired) electrons. The van der Waals surface area contributed by atoms with E-state index < -0.39 is 12.7 Å². The number of nitrogens with zero attached hydrogens (tertiary/aromatic N) is 1. The lowest BCUT2D eigenvalue weighted by Crippen LogP contribution is -2.46. The number of urea groups is 1. The zero-order valence-corrected chi connectivity index (χ0v) is 13.7. The van der Waals surface area contributed by atoms with Crippen LogP contribution in [0.3, 0.4) is 0 Å². The Morgan fingerprint density at radius 1 is 1.35 bits per heavy atom. The van der Waals surface area contributed by atoms with Crippen LogP contribution < -0.4 is 10.6 Å². The molecule has 2 N–H and O–H groups in total. The summed E-state index contributed by atoms with van der Waals surface area (Å²) in [4.78, 5) is 13.2. The van der Waals surface area contributed by atoms with Gasteiger partial charge in [-0.05, 0) is 18.8 Å². The van der Waals surface area contributed by atoms with E-state index in [1.807, 2.05) is 0 Å². The predicted molar refractivity (Wildman–Crippen MR) is 80.1 cm³/mol. The topological polar surface area (TPSA) is 53.6 Å². The van der Waals surface area contributed by atoms with Gasteiger partial charge in [-0.2, -0.15) is 13.2 Å². The van der Waals surface area contributed by atoms with Crippen LogP contribution in [-0.2, 0) is 4.74 Å². The van der Waals surface area contributed by atoms with Crippen molar-refractivity contribution in [3.05, 3.63) is 0 Å². The van der Waals surface area contributed by atoms with E-state index in [1.165, 1.54) is 4.90 Å². The first-order valence-electron chi connectivity index (χ1n) is 8.19. The maximum absolute atomic E-state index is 12.3. The smallest absolute Gasteiger partial charge is 0.378 e. The van der Waals surface area contributed by atoms with Crippen LogP contribution in [-0.4, -0.2) is 62.0 Å². The Morgan fingerprint density at radius 2 is 2.09 bits per heavy atom. The molecular formula is C15H26F3N3O2. The number of halogens is 3. The number of carbonyl (C=O) groups is 1. The molecule has 0 aliphatic carbocycles. The minimum Gasteiger partial charge on any atom is -0.378 e. The quantitative estimate of drug-likeness (QED) is 0.807. The zero-order chi connectivity index (χ0) is 17.0. The third kappa shape index (κ3) is 5.84. The maximum atomic E-state index is 12.3. The first-order valence-corrected chi connectivity index (χ1v) is 8.19. The van der Waals surface area contributed by atoms with E-state index >= 15 is 0 Å². The molecule has 0 saturated carbocycles. The molecule has 0 bridgehead atoms. The number of carbonyl (C=O) groups excluding carboxylic acids is 1. The minimum atomic E-state index is -4.19. The lowest BCUT2D eigenvalue weighted by Gasteiger charge is -2.23. The van der Waals surface area contributed by atoms with Gasteiger partial charge in [0.15, 0.2) is 0 Å². The lowest BCUT2D eigenvalue weighted by atomic mass is 9.93. The average molecular weight is 337 g/mol. The number of likely N-dealkylation sites (tertiary alicyclic amines) is 1. The number of hydrogen-bond acceptors (Lipinski definition) is 3. The van der Waals surface area contributed by atoms with E-state index in [9.17, 15) is 18.0 Å². The fraction of sp³-hybridized carbons (Fsp3) is 0.933. The van der Waals surface area contributed by atoms with Crippen LogP contribution in [0.15, 0.2) is 0 Å². The molecule has 2 aliphatic rings. The van der Waals surface area contributed by atoms with Crippen molar-refractivity contribution in [2.24, 2.45) is 11.8 Å². The Morgan fingerprint density at radius 3 is 2.74 bits per heavy atom. The predicted octanol–water partition coefficient (Wildman–Crippen LogP) is 1.98. The third-order valence-electron chi connectivity index (χ3n) is 4.46. The average Bonchev–Trinajstić information content (AvgIpc) is 3.03. The first kappa shape index (κ1) is 18.3. The fourth-order valence-corrected chi connectivity index (χ4v) is 3.42. The van der Waals surface area contributed by atoms with Gasteiger partial charge in [-0.1, -0.05) is 13.8 Å². The molecule has 5 nitrogen and oxygen atoms in total. The van der Waals surface area contributed by atoms with Crippen molar-refractivity contribution in [3.8, 4) is 0 Å². The molecule has 2 fully saturated rings. The molecule has 23 heavy (non-hydrogen) atoms. The molecule has 3 unspecified atom stereocenters. The molecule has 3 atom stereocenters. The molecule has 2 rings (SSSR count). The summed E-state index contributed by atoms with van der Waals surface area (Å²) in [7, 11) is 0. The minimum absolute atomic E-state index is 0.157. The summed E-state index contributed by atoms with van der Waals surface area (Å²) < 4.78 is 42.7. The summed E-state index contributed by atoms with van der Waals surface area (Å²) in [5, 5.41) is 5.59. The van der Waals surface area contributed by atoms with Gasteiger partial charge in [-0.15, -0.1) is 0 Å². The highest BCUT2D eigenvalue weighted by molar-refractivity contribution is 5.74. The highest BCUT2D eigenvalue weighted by Gasteiger charge is 2.35. The van der Waals surface area contributed by atoms with Crippen molar-refractivity contribution >= 4 is 6.03 Å². The summed E-state index contributed by atoms with van der Waals surface area (Å²) in [6.45, 7) is 5.12. The van der Waals surface area contributed by atoms with Gasteiger partial charge < -0.3 is 15.4 Å². The number of ether oxygens (including phenoxy) is 1. The molecule has 2 aliphatic heterocycles. The molecule has 2 amide bonds. The number of hydrogen-bond donors (Lipinski definition) is 2. The van der Waals surface area contributed by atoms with Gasteiger partial charge >= 0.3 is 12.2 Å². The van der Waals surface area contributed by atoms with Crippen molar-refractivity contribution in [2.75, 3.05) is 32.8 Å². The van der Waals surface area contributed by atoms with Crippen LogP contribution in [0, 0.1) is 11.8 Å². The largest absolute Gasteiger partial charge is 0.401 e. The van der Waals surface area contributed by atoms with Crippen molar-refractivity contribution < 1.29 is 22.7 Å². The van der Waals surface area contributed by atoms with Gasteiger partial charge in [-0.25, -0.2) is 4.79 Å². The van der Waals surface area contributed by atoms with Gasteiger partial charge in [0.05, 0.1) is 12.6 Å². The number of alkyl halides is 3. The number of nitrogens with one attached hydrogen (secondary N) is 2. The standard InChI is InChI=1S/C15H26F3N3O2/c1-10(2)13-11(4-6-23-13)7-19-14(22)20-12-3-5-21(8-12)9-15(16,17)18/h10-13H,3-9H2,1-2H3,(H2,19,20,22). The zero-order valence-electron chi connectivity index (χ0n) is 13.7. The van der Waals surface area contributed by atoms with Crippen LogP contribution >= 0.6 is 0 Å². The molecule has 0 aromatic rings. The summed E-state index contributed by atoms with van der Waals surface area (Å²) in [6, 6.07) is -0.531. The molecule has 8 heteroatoms. The first-order chi connectivity index (χ1) is 10.7.